The molecule has 8 heteroatoms. The van der Waals surface area contributed by atoms with Crippen molar-refractivity contribution in [3.8, 4) is 0 Å². The first-order valence-electron chi connectivity index (χ1n) is 9.90. The van der Waals surface area contributed by atoms with Crippen molar-refractivity contribution in [3.63, 3.8) is 0 Å². The van der Waals surface area contributed by atoms with Gasteiger partial charge in [-0.15, -0.1) is 0 Å². The van der Waals surface area contributed by atoms with Gasteiger partial charge in [0.1, 0.15) is 17.3 Å². The summed E-state index contributed by atoms with van der Waals surface area (Å²) in [6, 6.07) is 27.1. The van der Waals surface area contributed by atoms with E-state index in [4.69, 9.17) is 0 Å². The van der Waals surface area contributed by atoms with Gasteiger partial charge in [-0.1, -0.05) is 89.5 Å². The monoisotopic (exact) mass is 582 g/mol. The molecule has 3 aromatic rings. The van der Waals surface area contributed by atoms with E-state index in [9.17, 15) is 16.9 Å². The number of aryl methyl sites for hydroxylation is 3. The summed E-state index contributed by atoms with van der Waals surface area (Å²) in [6.07, 6.45) is 0. The summed E-state index contributed by atoms with van der Waals surface area (Å²) in [6.45, 7) is 6.46. The molecule has 0 nitrogen and oxygen atoms in total. The molecule has 0 saturated heterocycles. The van der Waals surface area contributed by atoms with Crippen molar-refractivity contribution in [1.82, 2.24) is 0 Å². The van der Waals surface area contributed by atoms with E-state index in [0.29, 0.717) is 10.9 Å². The Balaban J connectivity index is 0.000000451. The molecule has 0 radical (unpaired) electrons. The van der Waals surface area contributed by atoms with Gasteiger partial charge in [-0.3, -0.25) is 0 Å². The normalized spacial score (nSPS) is 13.7. The van der Waals surface area contributed by atoms with E-state index in [1.165, 1.54) is 33.4 Å². The summed E-state index contributed by atoms with van der Waals surface area (Å²) in [5.74, 6) is 3.46. The first kappa shape index (κ1) is 26.7. The second-order valence-electron chi connectivity index (χ2n) is 7.96. The molecule has 3 rings (SSSR count). The third-order valence-corrected chi connectivity index (χ3v) is 6.70. The Labute approximate surface area is 190 Å². The minimum atomic E-state index is -11.2. The van der Waals surface area contributed by atoms with Crippen molar-refractivity contribution in [2.75, 3.05) is 0 Å². The minimum absolute atomic E-state index is 0.303. The van der Waals surface area contributed by atoms with E-state index in [2.05, 4.69) is 93.6 Å². The van der Waals surface area contributed by atoms with Crippen LogP contribution >= 0.6 is 0 Å². The molecular formula is C24H27F6SSb. The predicted octanol–water partition coefficient (Wildman–Crippen LogP) is 8.27. The van der Waals surface area contributed by atoms with Crippen molar-refractivity contribution in [1.29, 1.82) is 0 Å². The molecule has 0 aliphatic carbocycles. The third-order valence-electron chi connectivity index (χ3n) is 4.47. The van der Waals surface area contributed by atoms with Crippen LogP contribution in [0.3, 0.4) is 0 Å². The van der Waals surface area contributed by atoms with Crippen molar-refractivity contribution < 1.29 is 16.9 Å². The van der Waals surface area contributed by atoms with Gasteiger partial charge in [-0.2, -0.15) is 0 Å². The van der Waals surface area contributed by atoms with Gasteiger partial charge in [-0.05, 0) is 20.8 Å². The van der Waals surface area contributed by atoms with Crippen LogP contribution in [-0.4, -0.2) is 19.5 Å². The molecule has 0 N–H and O–H groups in total. The average molecular weight is 583 g/mol. The van der Waals surface area contributed by atoms with Crippen LogP contribution in [0, 0.1) is 20.8 Å². The van der Waals surface area contributed by atoms with Crippen LogP contribution in [0.15, 0.2) is 72.8 Å². The Morgan fingerprint density at radius 1 is 0.469 bits per heavy atom. The zero-order valence-corrected chi connectivity index (χ0v) is 21.5. The van der Waals surface area contributed by atoms with E-state index < -0.39 is 19.5 Å². The van der Waals surface area contributed by atoms with Crippen molar-refractivity contribution >= 4 is 30.4 Å². The van der Waals surface area contributed by atoms with Crippen LogP contribution in [-0.2, 0) is 28.2 Å². The molecule has 0 fully saturated rings. The van der Waals surface area contributed by atoms with Gasteiger partial charge in [0.25, 0.3) is 0 Å². The van der Waals surface area contributed by atoms with Crippen molar-refractivity contribution in [2.45, 2.75) is 38.0 Å². The summed E-state index contributed by atoms with van der Waals surface area (Å²) in [7, 11) is 0.303. The molecule has 0 aliphatic heterocycles. The van der Waals surface area contributed by atoms with Gasteiger partial charge >= 0.3 is 36.4 Å². The Morgan fingerprint density at radius 3 is 0.844 bits per heavy atom. The van der Waals surface area contributed by atoms with E-state index in [0.717, 1.165) is 17.3 Å². The second-order valence-corrected chi connectivity index (χ2v) is 15.5. The molecule has 0 aromatic heterocycles. The second kappa shape index (κ2) is 9.72. The standard InChI is InChI=1S/C24H27S.6FH.Sb/c1-19-4-10-22(11-5-19)16-25(17-23-12-6-20(2)7-13-23)18-24-14-8-21(3)9-15-24;;;;;;;/h4-15H,16-18H2,1-3H3;6*1H;/q+1;;;;;;;+5/p-6. The maximum absolute atomic E-state index is 11.2. The zero-order chi connectivity index (χ0) is 24.1. The molecule has 0 amide bonds. The Kier molecular flexibility index (Phi) is 8.10. The first-order chi connectivity index (χ1) is 14.5. The Hall–Kier alpha value is -1.59. The molecule has 32 heavy (non-hydrogen) atoms. The predicted molar refractivity (Wildman–Crippen MR) is 124 cm³/mol. The molecule has 0 unspecified atom stereocenters. The average Bonchev–Trinajstić information content (AvgIpc) is 2.65. The van der Waals surface area contributed by atoms with Crippen LogP contribution in [0.2, 0.25) is 0 Å². The van der Waals surface area contributed by atoms with Crippen LogP contribution in [0.4, 0.5) is 16.9 Å². The first-order valence-corrected chi connectivity index (χ1v) is 17.4. The van der Waals surface area contributed by atoms with Gasteiger partial charge in [0.15, 0.2) is 0 Å². The quantitative estimate of drug-likeness (QED) is 0.156. The molecule has 0 heterocycles. The van der Waals surface area contributed by atoms with Crippen LogP contribution in [0.25, 0.3) is 0 Å². The topological polar surface area (TPSA) is 0 Å². The van der Waals surface area contributed by atoms with E-state index in [1.807, 2.05) is 0 Å². The van der Waals surface area contributed by atoms with Crippen molar-refractivity contribution in [2.24, 2.45) is 0 Å². The molecule has 176 valence electrons. The Bertz CT molecular complexity index is 872. The molecule has 0 aliphatic rings. The molecule has 0 spiro atoms. The SMILES string of the molecule is Cc1ccc(C[S+](Cc2ccc(C)cc2)Cc2ccc(C)cc2)cc1.[F][Sb-]([F])([F])([F])([F])[F]. The van der Waals surface area contributed by atoms with Crippen LogP contribution < -0.4 is 0 Å². The Morgan fingerprint density at radius 2 is 0.656 bits per heavy atom. The fraction of sp³-hybridized carbons (Fsp3) is 0.250. The number of rotatable bonds is 6. The fourth-order valence-electron chi connectivity index (χ4n) is 2.91. The van der Waals surface area contributed by atoms with Gasteiger partial charge in [0.05, 0.1) is 0 Å². The third kappa shape index (κ3) is 13.1. The molecule has 0 atom stereocenters. The van der Waals surface area contributed by atoms with Crippen LogP contribution in [0.1, 0.15) is 33.4 Å². The maximum atomic E-state index is 9.93. The summed E-state index contributed by atoms with van der Waals surface area (Å²) in [4.78, 5) is 0. The molecular weight excluding hydrogens is 556 g/mol. The summed E-state index contributed by atoms with van der Waals surface area (Å²) < 4.78 is 59.6. The molecule has 3 aromatic carbocycles. The van der Waals surface area contributed by atoms with Gasteiger partial charge < -0.3 is 0 Å². The molecule has 0 bridgehead atoms. The van der Waals surface area contributed by atoms with Crippen LogP contribution in [0.5, 0.6) is 0 Å². The van der Waals surface area contributed by atoms with Crippen molar-refractivity contribution in [3.05, 3.63) is 106 Å². The van der Waals surface area contributed by atoms with Gasteiger partial charge in [0.2, 0.25) is 0 Å². The van der Waals surface area contributed by atoms with Gasteiger partial charge in [-0.25, -0.2) is 0 Å². The van der Waals surface area contributed by atoms with E-state index >= 15 is 0 Å². The summed E-state index contributed by atoms with van der Waals surface area (Å²) in [5, 5.41) is 0. The zero-order valence-electron chi connectivity index (χ0n) is 18.2. The summed E-state index contributed by atoms with van der Waals surface area (Å²) >= 11 is -11.2. The number of benzene rings is 3. The number of hydrogen-bond donors (Lipinski definition) is 0. The fourth-order valence-corrected chi connectivity index (χ4v) is 5.21. The summed E-state index contributed by atoms with van der Waals surface area (Å²) in [5.41, 5.74) is 8.36. The van der Waals surface area contributed by atoms with E-state index in [1.54, 1.807) is 0 Å². The van der Waals surface area contributed by atoms with E-state index in [-0.39, 0.29) is 0 Å². The van der Waals surface area contributed by atoms with Gasteiger partial charge in [0, 0.05) is 27.6 Å². The molecule has 0 saturated carbocycles. The number of hydrogen-bond acceptors (Lipinski definition) is 0. The number of halogens is 6.